The fourth-order valence-corrected chi connectivity index (χ4v) is 2.49. The van der Waals surface area contributed by atoms with Crippen LogP contribution in [0.3, 0.4) is 0 Å². The zero-order valence-electron chi connectivity index (χ0n) is 9.54. The first-order valence-corrected chi connectivity index (χ1v) is 6.62. The molecular formula is C14H20S. The first kappa shape index (κ1) is 12.4. The summed E-state index contributed by atoms with van der Waals surface area (Å²) in [6.45, 7) is 5.88. The van der Waals surface area contributed by atoms with Crippen molar-refractivity contribution in [2.45, 2.75) is 37.5 Å². The average Bonchev–Trinajstić information content (AvgIpc) is 2.23. The molecule has 0 aromatic heterocycles. The second-order valence-corrected chi connectivity index (χ2v) is 4.97. The van der Waals surface area contributed by atoms with Crippen LogP contribution in [-0.2, 0) is 0 Å². The number of allylic oxidation sites excluding steroid dienone is 1. The molecule has 0 spiro atoms. The summed E-state index contributed by atoms with van der Waals surface area (Å²) in [6, 6.07) is 8.74. The Bertz CT molecular complexity index is 291. The molecule has 0 fully saturated rings. The first-order chi connectivity index (χ1) is 7.33. The van der Waals surface area contributed by atoms with E-state index in [1.165, 1.54) is 35.5 Å². The van der Waals surface area contributed by atoms with Crippen molar-refractivity contribution in [1.29, 1.82) is 0 Å². The number of hydrogen-bond acceptors (Lipinski definition) is 1. The molecule has 0 aliphatic heterocycles. The third-order valence-corrected chi connectivity index (χ3v) is 3.39. The van der Waals surface area contributed by atoms with Crippen molar-refractivity contribution in [2.75, 3.05) is 5.75 Å². The Morgan fingerprint density at radius 3 is 2.87 bits per heavy atom. The minimum atomic E-state index is 1.16. The second-order valence-electron chi connectivity index (χ2n) is 3.80. The minimum Gasteiger partial charge on any atom is -0.126 e. The maximum atomic E-state index is 3.73. The highest BCUT2D eigenvalue weighted by Crippen LogP contribution is 2.20. The summed E-state index contributed by atoms with van der Waals surface area (Å²) >= 11 is 1.97. The van der Waals surface area contributed by atoms with Crippen molar-refractivity contribution in [3.8, 4) is 0 Å². The summed E-state index contributed by atoms with van der Waals surface area (Å²) in [4.78, 5) is 1.40. The van der Waals surface area contributed by atoms with Crippen LogP contribution in [-0.4, -0.2) is 5.75 Å². The molecule has 15 heavy (non-hydrogen) atoms. The summed E-state index contributed by atoms with van der Waals surface area (Å²) in [5.41, 5.74) is 1.35. The van der Waals surface area contributed by atoms with Crippen LogP contribution in [0.4, 0.5) is 0 Å². The Kier molecular flexibility index (Phi) is 6.26. The van der Waals surface area contributed by atoms with E-state index in [0.29, 0.717) is 0 Å². The molecule has 0 aliphatic carbocycles. The molecule has 1 rings (SSSR count). The molecule has 0 bridgehead atoms. The van der Waals surface area contributed by atoms with Gasteiger partial charge in [-0.1, -0.05) is 30.2 Å². The number of aryl methyl sites for hydroxylation is 1. The molecule has 0 N–H and O–H groups in total. The highest BCUT2D eigenvalue weighted by molar-refractivity contribution is 7.99. The monoisotopic (exact) mass is 220 g/mol. The smallest absolute Gasteiger partial charge is 0.00745 e. The maximum Gasteiger partial charge on any atom is 0.00745 e. The zero-order chi connectivity index (χ0) is 10.9. The third-order valence-electron chi connectivity index (χ3n) is 2.31. The molecule has 1 aromatic rings. The van der Waals surface area contributed by atoms with E-state index < -0.39 is 0 Å². The van der Waals surface area contributed by atoms with E-state index in [1.807, 2.05) is 17.8 Å². The van der Waals surface area contributed by atoms with Crippen LogP contribution < -0.4 is 0 Å². The lowest BCUT2D eigenvalue weighted by Gasteiger charge is -2.02. The lowest BCUT2D eigenvalue weighted by Crippen LogP contribution is -1.82. The first-order valence-electron chi connectivity index (χ1n) is 5.63. The normalized spacial score (nSPS) is 10.2. The summed E-state index contributed by atoms with van der Waals surface area (Å²) in [6.07, 6.45) is 7.10. The second kappa shape index (κ2) is 7.58. The standard InChI is InChI=1S/C14H20S/c1-3-4-5-6-7-11-15-14-10-8-9-13(2)12-14/h3,8-10,12H,1,4-7,11H2,2H3. The predicted octanol–water partition coefficient (Wildman–Crippen LogP) is 4.83. The quantitative estimate of drug-likeness (QED) is 0.360. The van der Waals surface area contributed by atoms with Crippen LogP contribution in [0.2, 0.25) is 0 Å². The number of hydrogen-bond donors (Lipinski definition) is 0. The van der Waals surface area contributed by atoms with Gasteiger partial charge < -0.3 is 0 Å². The number of unbranched alkanes of at least 4 members (excludes halogenated alkanes) is 3. The Labute approximate surface area is 97.8 Å². The van der Waals surface area contributed by atoms with E-state index in [0.717, 1.165) is 6.42 Å². The molecule has 0 heterocycles. The Morgan fingerprint density at radius 1 is 1.27 bits per heavy atom. The Balaban J connectivity index is 2.12. The molecule has 0 unspecified atom stereocenters. The topological polar surface area (TPSA) is 0 Å². The van der Waals surface area contributed by atoms with Crippen LogP contribution in [0.5, 0.6) is 0 Å². The van der Waals surface area contributed by atoms with Gasteiger partial charge in [0.15, 0.2) is 0 Å². The summed E-state index contributed by atoms with van der Waals surface area (Å²) < 4.78 is 0. The van der Waals surface area contributed by atoms with Crippen LogP contribution >= 0.6 is 11.8 Å². The molecule has 0 radical (unpaired) electrons. The van der Waals surface area contributed by atoms with Crippen LogP contribution in [0.1, 0.15) is 31.2 Å². The molecule has 82 valence electrons. The van der Waals surface area contributed by atoms with Crippen molar-refractivity contribution in [3.05, 3.63) is 42.5 Å². The molecule has 1 heteroatoms. The SMILES string of the molecule is C=CCCCCCSc1cccc(C)c1. The molecule has 0 aliphatic rings. The van der Waals surface area contributed by atoms with Crippen molar-refractivity contribution in [2.24, 2.45) is 0 Å². The molecule has 0 saturated carbocycles. The molecule has 0 saturated heterocycles. The van der Waals surface area contributed by atoms with E-state index in [4.69, 9.17) is 0 Å². The van der Waals surface area contributed by atoms with E-state index in [1.54, 1.807) is 0 Å². The van der Waals surface area contributed by atoms with Gasteiger partial charge in [-0.25, -0.2) is 0 Å². The summed E-state index contributed by atoms with van der Waals surface area (Å²) in [5, 5.41) is 0. The number of benzene rings is 1. The molecule has 0 atom stereocenters. The van der Waals surface area contributed by atoms with E-state index in [2.05, 4.69) is 37.8 Å². The van der Waals surface area contributed by atoms with Gasteiger partial charge in [-0.05, 0) is 44.1 Å². The summed E-state index contributed by atoms with van der Waals surface area (Å²) in [5.74, 6) is 1.24. The summed E-state index contributed by atoms with van der Waals surface area (Å²) in [7, 11) is 0. The zero-order valence-corrected chi connectivity index (χ0v) is 10.4. The van der Waals surface area contributed by atoms with Gasteiger partial charge >= 0.3 is 0 Å². The highest BCUT2D eigenvalue weighted by atomic mass is 32.2. The fraction of sp³-hybridized carbons (Fsp3) is 0.429. The molecule has 0 amide bonds. The van der Waals surface area contributed by atoms with Gasteiger partial charge in [0.05, 0.1) is 0 Å². The van der Waals surface area contributed by atoms with Gasteiger partial charge in [-0.15, -0.1) is 18.3 Å². The van der Waals surface area contributed by atoms with E-state index in [-0.39, 0.29) is 0 Å². The van der Waals surface area contributed by atoms with Gasteiger partial charge in [-0.3, -0.25) is 0 Å². The van der Waals surface area contributed by atoms with Gasteiger partial charge in [-0.2, -0.15) is 0 Å². The largest absolute Gasteiger partial charge is 0.126 e. The lowest BCUT2D eigenvalue weighted by molar-refractivity contribution is 0.735. The Morgan fingerprint density at radius 2 is 2.13 bits per heavy atom. The lowest BCUT2D eigenvalue weighted by atomic mass is 10.2. The molecule has 1 aromatic carbocycles. The Hall–Kier alpha value is -0.690. The fourth-order valence-electron chi connectivity index (χ4n) is 1.46. The predicted molar refractivity (Wildman–Crippen MR) is 70.6 cm³/mol. The van der Waals surface area contributed by atoms with Crippen molar-refractivity contribution >= 4 is 11.8 Å². The number of thioether (sulfide) groups is 1. The third kappa shape index (κ3) is 5.68. The van der Waals surface area contributed by atoms with E-state index in [9.17, 15) is 0 Å². The van der Waals surface area contributed by atoms with Crippen molar-refractivity contribution < 1.29 is 0 Å². The van der Waals surface area contributed by atoms with Gasteiger partial charge in [0, 0.05) is 4.90 Å². The highest BCUT2D eigenvalue weighted by Gasteiger charge is 1.94. The number of rotatable bonds is 7. The molecular weight excluding hydrogens is 200 g/mol. The van der Waals surface area contributed by atoms with Crippen LogP contribution in [0.25, 0.3) is 0 Å². The minimum absolute atomic E-state index is 1.16. The van der Waals surface area contributed by atoms with Crippen molar-refractivity contribution in [1.82, 2.24) is 0 Å². The van der Waals surface area contributed by atoms with Crippen LogP contribution in [0.15, 0.2) is 41.8 Å². The van der Waals surface area contributed by atoms with Gasteiger partial charge in [0.1, 0.15) is 0 Å². The van der Waals surface area contributed by atoms with Crippen LogP contribution in [0, 0.1) is 6.92 Å². The van der Waals surface area contributed by atoms with E-state index >= 15 is 0 Å². The van der Waals surface area contributed by atoms with Gasteiger partial charge in [0.2, 0.25) is 0 Å². The maximum absolute atomic E-state index is 3.73. The molecule has 0 nitrogen and oxygen atoms in total. The average molecular weight is 220 g/mol. The van der Waals surface area contributed by atoms with Crippen molar-refractivity contribution in [3.63, 3.8) is 0 Å². The van der Waals surface area contributed by atoms with Gasteiger partial charge in [0.25, 0.3) is 0 Å².